The van der Waals surface area contributed by atoms with Crippen molar-refractivity contribution in [2.24, 2.45) is 17.1 Å². The van der Waals surface area contributed by atoms with Crippen LogP contribution in [-0.2, 0) is 21.4 Å². The van der Waals surface area contributed by atoms with E-state index in [1.807, 2.05) is 13.0 Å². The average Bonchev–Trinajstić information content (AvgIpc) is 2.62. The SMILES string of the molecule is CCNC(=O)[C@@]1(C)CCC[C@]2(C)c3cc(NC(=O)CN)ccc3CC[C@@H]12. The Labute approximate surface area is 156 Å². The molecule has 0 saturated heterocycles. The molecule has 3 atom stereocenters. The van der Waals surface area contributed by atoms with Crippen LogP contribution >= 0.6 is 0 Å². The van der Waals surface area contributed by atoms with Crippen molar-refractivity contribution in [1.82, 2.24) is 5.32 Å². The molecule has 2 amide bonds. The minimum absolute atomic E-state index is 0.0216. The first-order chi connectivity index (χ1) is 12.3. The first-order valence-electron chi connectivity index (χ1n) is 9.77. The smallest absolute Gasteiger partial charge is 0.238 e. The fraction of sp³-hybridized carbons (Fsp3) is 0.619. The minimum Gasteiger partial charge on any atom is -0.356 e. The zero-order valence-electron chi connectivity index (χ0n) is 16.2. The van der Waals surface area contributed by atoms with Gasteiger partial charge in [-0.15, -0.1) is 0 Å². The predicted octanol–water partition coefficient (Wildman–Crippen LogP) is 2.73. The van der Waals surface area contributed by atoms with Crippen LogP contribution in [0.15, 0.2) is 18.2 Å². The van der Waals surface area contributed by atoms with Gasteiger partial charge in [-0.05, 0) is 67.2 Å². The fourth-order valence-corrected chi connectivity index (χ4v) is 5.38. The Morgan fingerprint density at radius 1 is 1.27 bits per heavy atom. The molecule has 0 spiro atoms. The summed E-state index contributed by atoms with van der Waals surface area (Å²) in [5.41, 5.74) is 8.48. The summed E-state index contributed by atoms with van der Waals surface area (Å²) >= 11 is 0. The van der Waals surface area contributed by atoms with Crippen LogP contribution in [0.25, 0.3) is 0 Å². The molecule has 0 unspecified atom stereocenters. The molecule has 0 aromatic heterocycles. The summed E-state index contributed by atoms with van der Waals surface area (Å²) in [6.07, 6.45) is 5.08. The van der Waals surface area contributed by atoms with E-state index in [-0.39, 0.29) is 29.2 Å². The molecule has 5 heteroatoms. The van der Waals surface area contributed by atoms with Gasteiger partial charge in [0.1, 0.15) is 0 Å². The van der Waals surface area contributed by atoms with Gasteiger partial charge < -0.3 is 16.4 Å². The summed E-state index contributed by atoms with van der Waals surface area (Å²) in [5.74, 6) is 0.313. The number of rotatable bonds is 4. The molecule has 5 nitrogen and oxygen atoms in total. The molecule has 2 aliphatic carbocycles. The van der Waals surface area contributed by atoms with Crippen molar-refractivity contribution in [3.8, 4) is 0 Å². The summed E-state index contributed by atoms with van der Waals surface area (Å²) in [6, 6.07) is 6.20. The van der Waals surface area contributed by atoms with Gasteiger partial charge >= 0.3 is 0 Å². The average molecular weight is 357 g/mol. The van der Waals surface area contributed by atoms with Gasteiger partial charge in [0.15, 0.2) is 0 Å². The van der Waals surface area contributed by atoms with E-state index in [9.17, 15) is 9.59 Å². The standard InChI is InChI=1S/C21H31N3O2/c1-4-23-19(26)21(3)11-5-10-20(2)16-12-15(24-18(25)13-22)8-6-14(16)7-9-17(20)21/h6,8,12,17H,4-5,7,9-11,13,22H2,1-3H3,(H,23,26)(H,24,25)/t17-,20-,21+/m1/s1. The number of amides is 2. The topological polar surface area (TPSA) is 84.2 Å². The summed E-state index contributed by atoms with van der Waals surface area (Å²) in [5, 5.41) is 5.94. The number of nitrogens with two attached hydrogens (primary N) is 1. The van der Waals surface area contributed by atoms with Gasteiger partial charge in [0.25, 0.3) is 0 Å². The number of hydrogen-bond acceptors (Lipinski definition) is 3. The van der Waals surface area contributed by atoms with Crippen LogP contribution in [0.2, 0.25) is 0 Å². The Balaban J connectivity index is 1.99. The molecule has 26 heavy (non-hydrogen) atoms. The van der Waals surface area contributed by atoms with E-state index in [1.165, 1.54) is 11.1 Å². The van der Waals surface area contributed by atoms with Crippen molar-refractivity contribution in [2.45, 2.75) is 58.3 Å². The van der Waals surface area contributed by atoms with Crippen molar-refractivity contribution >= 4 is 17.5 Å². The Hall–Kier alpha value is -1.88. The summed E-state index contributed by atoms with van der Waals surface area (Å²) in [6.45, 7) is 7.08. The number of anilines is 1. The minimum atomic E-state index is -0.336. The van der Waals surface area contributed by atoms with Crippen LogP contribution in [0.4, 0.5) is 5.69 Å². The number of benzene rings is 1. The van der Waals surface area contributed by atoms with Crippen molar-refractivity contribution < 1.29 is 9.59 Å². The van der Waals surface area contributed by atoms with E-state index < -0.39 is 0 Å². The molecule has 2 aliphatic rings. The highest BCUT2D eigenvalue weighted by Gasteiger charge is 2.54. The molecule has 142 valence electrons. The van der Waals surface area contributed by atoms with Crippen molar-refractivity contribution in [3.63, 3.8) is 0 Å². The fourth-order valence-electron chi connectivity index (χ4n) is 5.38. The highest BCUT2D eigenvalue weighted by molar-refractivity contribution is 5.92. The number of aryl methyl sites for hydroxylation is 1. The van der Waals surface area contributed by atoms with Crippen molar-refractivity contribution in [1.29, 1.82) is 0 Å². The lowest BCUT2D eigenvalue weighted by molar-refractivity contribution is -0.138. The van der Waals surface area contributed by atoms with Gasteiger partial charge in [0.2, 0.25) is 11.8 Å². The number of carbonyl (C=O) groups excluding carboxylic acids is 2. The molecule has 1 aromatic carbocycles. The number of carbonyl (C=O) groups is 2. The number of hydrogen-bond donors (Lipinski definition) is 3. The lowest BCUT2D eigenvalue weighted by Gasteiger charge is -2.54. The highest BCUT2D eigenvalue weighted by Crippen LogP contribution is 2.57. The second-order valence-corrected chi connectivity index (χ2v) is 8.26. The Kier molecular flexibility index (Phi) is 5.11. The zero-order valence-corrected chi connectivity index (χ0v) is 16.2. The number of fused-ring (bicyclic) bond motifs is 3. The molecule has 1 aromatic rings. The van der Waals surface area contributed by atoms with Gasteiger partial charge in [-0.1, -0.05) is 26.3 Å². The van der Waals surface area contributed by atoms with Crippen LogP contribution in [0.1, 0.15) is 57.6 Å². The molecule has 0 bridgehead atoms. The van der Waals surface area contributed by atoms with Crippen LogP contribution in [0.5, 0.6) is 0 Å². The molecule has 1 saturated carbocycles. The van der Waals surface area contributed by atoms with E-state index in [2.05, 4.69) is 36.6 Å². The van der Waals surface area contributed by atoms with Crippen LogP contribution in [0.3, 0.4) is 0 Å². The Morgan fingerprint density at radius 2 is 2.04 bits per heavy atom. The van der Waals surface area contributed by atoms with E-state index in [1.54, 1.807) is 0 Å². The molecule has 1 fully saturated rings. The molecule has 4 N–H and O–H groups in total. The molecule has 0 aliphatic heterocycles. The van der Waals surface area contributed by atoms with E-state index in [0.29, 0.717) is 12.5 Å². The van der Waals surface area contributed by atoms with Crippen LogP contribution in [-0.4, -0.2) is 24.9 Å². The number of nitrogens with one attached hydrogen (secondary N) is 2. The van der Waals surface area contributed by atoms with Crippen LogP contribution in [0, 0.1) is 11.3 Å². The lowest BCUT2D eigenvalue weighted by Crippen LogP contribution is -2.55. The summed E-state index contributed by atoms with van der Waals surface area (Å²) in [7, 11) is 0. The zero-order chi connectivity index (χ0) is 18.9. The maximum absolute atomic E-state index is 12.9. The maximum atomic E-state index is 12.9. The monoisotopic (exact) mass is 357 g/mol. The summed E-state index contributed by atoms with van der Waals surface area (Å²) in [4.78, 5) is 24.6. The van der Waals surface area contributed by atoms with E-state index >= 15 is 0 Å². The third-order valence-electron chi connectivity index (χ3n) is 6.68. The Bertz CT molecular complexity index is 717. The second kappa shape index (κ2) is 7.03. The highest BCUT2D eigenvalue weighted by atomic mass is 16.2. The third kappa shape index (κ3) is 3.02. The van der Waals surface area contributed by atoms with E-state index in [0.717, 1.165) is 37.8 Å². The predicted molar refractivity (Wildman–Crippen MR) is 104 cm³/mol. The van der Waals surface area contributed by atoms with Gasteiger partial charge in [-0.3, -0.25) is 9.59 Å². The third-order valence-corrected chi connectivity index (χ3v) is 6.68. The molecular formula is C21H31N3O2. The van der Waals surface area contributed by atoms with E-state index in [4.69, 9.17) is 5.73 Å². The van der Waals surface area contributed by atoms with Gasteiger partial charge in [0, 0.05) is 12.2 Å². The first-order valence-corrected chi connectivity index (χ1v) is 9.77. The quantitative estimate of drug-likeness (QED) is 0.775. The second-order valence-electron chi connectivity index (χ2n) is 8.26. The Morgan fingerprint density at radius 3 is 2.73 bits per heavy atom. The van der Waals surface area contributed by atoms with Crippen molar-refractivity contribution in [2.75, 3.05) is 18.4 Å². The molecular weight excluding hydrogens is 326 g/mol. The van der Waals surface area contributed by atoms with Crippen molar-refractivity contribution in [3.05, 3.63) is 29.3 Å². The maximum Gasteiger partial charge on any atom is 0.238 e. The largest absolute Gasteiger partial charge is 0.356 e. The molecule has 0 heterocycles. The normalized spacial score (nSPS) is 30.1. The summed E-state index contributed by atoms with van der Waals surface area (Å²) < 4.78 is 0. The molecule has 3 rings (SSSR count). The van der Waals surface area contributed by atoms with Gasteiger partial charge in [0.05, 0.1) is 12.0 Å². The lowest BCUT2D eigenvalue weighted by atomic mass is 9.49. The first kappa shape index (κ1) is 18.9. The van der Waals surface area contributed by atoms with Gasteiger partial charge in [-0.2, -0.15) is 0 Å². The molecule has 0 radical (unpaired) electrons. The van der Waals surface area contributed by atoms with Crippen LogP contribution < -0.4 is 16.4 Å². The van der Waals surface area contributed by atoms with Gasteiger partial charge in [-0.25, -0.2) is 0 Å².